The summed E-state index contributed by atoms with van der Waals surface area (Å²) in [6.45, 7) is 2.92. The fraction of sp³-hybridized carbons (Fsp3) is 0.286. The maximum Gasteiger partial charge on any atom is 0.240 e. The highest BCUT2D eigenvalue weighted by atomic mass is 32.2. The number of aromatic nitrogens is 1. The lowest BCUT2D eigenvalue weighted by Crippen LogP contribution is -2.41. The van der Waals surface area contributed by atoms with Crippen molar-refractivity contribution in [2.45, 2.75) is 24.0 Å². The lowest BCUT2D eigenvalue weighted by Gasteiger charge is -2.19. The third-order valence-corrected chi connectivity index (χ3v) is 6.10. The lowest BCUT2D eigenvalue weighted by molar-refractivity contribution is 0.102. The van der Waals surface area contributed by atoms with Gasteiger partial charge in [-0.2, -0.15) is 0 Å². The zero-order valence-electron chi connectivity index (χ0n) is 16.0. The first-order valence-electron chi connectivity index (χ1n) is 9.14. The molecule has 0 radical (unpaired) electrons. The molecule has 0 saturated heterocycles. The van der Waals surface area contributed by atoms with Gasteiger partial charge < -0.3 is 10.1 Å². The number of sulfonamides is 1. The van der Waals surface area contributed by atoms with Crippen LogP contribution < -0.4 is 10.0 Å². The van der Waals surface area contributed by atoms with Gasteiger partial charge in [0.05, 0.1) is 11.0 Å². The molecule has 3 aromatic rings. The molecule has 0 aliphatic rings. The minimum Gasteiger partial charge on any atom is -0.375 e. The highest BCUT2D eigenvalue weighted by molar-refractivity contribution is 7.89. The SMILES string of the molecule is COC(CNCC(C)NS(=O)(=O)c1ccc2cnccc2c1)c1ccccc1. The standard InChI is InChI=1S/C21H25N3O3S/c1-16(13-23-15-21(27-2)17-6-4-3-5-7-17)24-28(25,26)20-9-8-19-14-22-11-10-18(19)12-20/h3-12,14,16,21,23-24H,13,15H2,1-2H3. The van der Waals surface area contributed by atoms with Crippen LogP contribution in [-0.4, -0.2) is 39.6 Å². The lowest BCUT2D eigenvalue weighted by atomic mass is 10.1. The van der Waals surface area contributed by atoms with Crippen LogP contribution in [0.15, 0.2) is 71.9 Å². The van der Waals surface area contributed by atoms with E-state index in [9.17, 15) is 8.42 Å². The predicted molar refractivity (Wildman–Crippen MR) is 111 cm³/mol. The van der Waals surface area contributed by atoms with Crippen molar-refractivity contribution in [3.05, 3.63) is 72.6 Å². The minimum atomic E-state index is -3.60. The second-order valence-corrected chi connectivity index (χ2v) is 8.41. The first-order valence-corrected chi connectivity index (χ1v) is 10.6. The van der Waals surface area contributed by atoms with Gasteiger partial charge in [0, 0.05) is 44.0 Å². The Hall–Kier alpha value is -2.32. The molecule has 2 atom stereocenters. The Bertz CT molecular complexity index is 1010. The number of rotatable bonds is 9. The van der Waals surface area contributed by atoms with E-state index in [1.807, 2.05) is 37.3 Å². The Kier molecular flexibility index (Phi) is 6.74. The topological polar surface area (TPSA) is 80.3 Å². The molecule has 0 bridgehead atoms. The fourth-order valence-electron chi connectivity index (χ4n) is 3.04. The molecule has 148 valence electrons. The van der Waals surface area contributed by atoms with Gasteiger partial charge in [-0.1, -0.05) is 36.4 Å². The van der Waals surface area contributed by atoms with Gasteiger partial charge in [-0.25, -0.2) is 13.1 Å². The number of nitrogens with one attached hydrogen (secondary N) is 2. The van der Waals surface area contributed by atoms with Crippen LogP contribution in [-0.2, 0) is 14.8 Å². The van der Waals surface area contributed by atoms with E-state index in [0.29, 0.717) is 13.1 Å². The van der Waals surface area contributed by atoms with Crippen LogP contribution in [0.3, 0.4) is 0 Å². The summed E-state index contributed by atoms with van der Waals surface area (Å²) in [6, 6.07) is 16.5. The van der Waals surface area contributed by atoms with Gasteiger partial charge in [-0.15, -0.1) is 0 Å². The van der Waals surface area contributed by atoms with Crippen LogP contribution >= 0.6 is 0 Å². The average Bonchev–Trinajstić information content (AvgIpc) is 2.71. The van der Waals surface area contributed by atoms with Gasteiger partial charge in [0.15, 0.2) is 0 Å². The number of pyridine rings is 1. The zero-order chi connectivity index (χ0) is 20.0. The maximum atomic E-state index is 12.7. The monoisotopic (exact) mass is 399 g/mol. The van der Waals surface area contributed by atoms with Crippen LogP contribution in [0.4, 0.5) is 0 Å². The van der Waals surface area contributed by atoms with Gasteiger partial charge in [-0.05, 0) is 36.1 Å². The highest BCUT2D eigenvalue weighted by Gasteiger charge is 2.18. The summed E-state index contributed by atoms with van der Waals surface area (Å²) in [5, 5.41) is 5.03. The zero-order valence-corrected chi connectivity index (χ0v) is 16.8. The first kappa shape index (κ1) is 20.4. The molecule has 2 N–H and O–H groups in total. The quantitative estimate of drug-likeness (QED) is 0.578. The number of fused-ring (bicyclic) bond motifs is 1. The molecule has 1 aromatic heterocycles. The number of methoxy groups -OCH3 is 1. The van der Waals surface area contributed by atoms with Gasteiger partial charge in [-0.3, -0.25) is 4.98 Å². The van der Waals surface area contributed by atoms with E-state index in [0.717, 1.165) is 16.3 Å². The number of ether oxygens (including phenoxy) is 1. The molecule has 1 heterocycles. The summed E-state index contributed by atoms with van der Waals surface area (Å²) in [4.78, 5) is 4.29. The van der Waals surface area contributed by atoms with E-state index < -0.39 is 10.0 Å². The van der Waals surface area contributed by atoms with E-state index in [1.54, 1.807) is 43.8 Å². The van der Waals surface area contributed by atoms with Crippen LogP contribution in [0.25, 0.3) is 10.8 Å². The van der Waals surface area contributed by atoms with Gasteiger partial charge >= 0.3 is 0 Å². The summed E-state index contributed by atoms with van der Waals surface area (Å²) in [7, 11) is -1.93. The van der Waals surface area contributed by atoms with Crippen LogP contribution in [0, 0.1) is 0 Å². The van der Waals surface area contributed by atoms with Crippen molar-refractivity contribution in [1.29, 1.82) is 0 Å². The Morgan fingerprint density at radius 2 is 1.82 bits per heavy atom. The molecule has 2 aromatic carbocycles. The van der Waals surface area contributed by atoms with E-state index in [-0.39, 0.29) is 17.0 Å². The average molecular weight is 400 g/mol. The molecule has 28 heavy (non-hydrogen) atoms. The number of nitrogens with zero attached hydrogens (tertiary/aromatic N) is 1. The molecule has 0 aliphatic heterocycles. The molecule has 3 rings (SSSR count). The van der Waals surface area contributed by atoms with E-state index >= 15 is 0 Å². The van der Waals surface area contributed by atoms with Gasteiger partial charge in [0.1, 0.15) is 0 Å². The Labute approximate surface area is 166 Å². The molecule has 0 aliphatic carbocycles. The molecule has 7 heteroatoms. The molecule has 0 spiro atoms. The van der Waals surface area contributed by atoms with Crippen LogP contribution in [0.2, 0.25) is 0 Å². The third kappa shape index (κ3) is 5.14. The van der Waals surface area contributed by atoms with E-state index in [1.165, 1.54) is 0 Å². The second-order valence-electron chi connectivity index (χ2n) is 6.70. The summed E-state index contributed by atoms with van der Waals surface area (Å²) in [6.07, 6.45) is 3.28. The molecular formula is C21H25N3O3S. The predicted octanol–water partition coefficient (Wildman–Crippen LogP) is 2.88. The van der Waals surface area contributed by atoms with Crippen molar-refractivity contribution in [3.63, 3.8) is 0 Å². The number of hydrogen-bond donors (Lipinski definition) is 2. The molecular weight excluding hydrogens is 374 g/mol. The highest BCUT2D eigenvalue weighted by Crippen LogP contribution is 2.18. The van der Waals surface area contributed by atoms with Crippen molar-refractivity contribution >= 4 is 20.8 Å². The Morgan fingerprint density at radius 1 is 1.04 bits per heavy atom. The van der Waals surface area contributed by atoms with Crippen molar-refractivity contribution in [3.8, 4) is 0 Å². The Balaban J connectivity index is 1.57. The molecule has 0 fully saturated rings. The smallest absolute Gasteiger partial charge is 0.240 e. The van der Waals surface area contributed by atoms with Crippen LogP contribution in [0.1, 0.15) is 18.6 Å². The second kappa shape index (κ2) is 9.25. The van der Waals surface area contributed by atoms with Crippen molar-refractivity contribution in [2.75, 3.05) is 20.2 Å². The minimum absolute atomic E-state index is 0.0842. The van der Waals surface area contributed by atoms with Crippen molar-refractivity contribution in [1.82, 2.24) is 15.0 Å². The molecule has 0 saturated carbocycles. The normalized spacial score (nSPS) is 14.1. The summed E-state index contributed by atoms with van der Waals surface area (Å²) in [5.41, 5.74) is 1.08. The largest absolute Gasteiger partial charge is 0.375 e. The van der Waals surface area contributed by atoms with Gasteiger partial charge in [0.2, 0.25) is 10.0 Å². The molecule has 0 amide bonds. The maximum absolute atomic E-state index is 12.7. The summed E-state index contributed by atoms with van der Waals surface area (Å²) in [5.74, 6) is 0. The Morgan fingerprint density at radius 3 is 2.57 bits per heavy atom. The molecule has 6 nitrogen and oxygen atoms in total. The fourth-order valence-corrected chi connectivity index (χ4v) is 4.32. The van der Waals surface area contributed by atoms with Crippen molar-refractivity contribution in [2.24, 2.45) is 0 Å². The summed E-state index contributed by atoms with van der Waals surface area (Å²) < 4.78 is 33.6. The number of benzene rings is 2. The van der Waals surface area contributed by atoms with Crippen molar-refractivity contribution < 1.29 is 13.2 Å². The first-order chi connectivity index (χ1) is 13.5. The van der Waals surface area contributed by atoms with E-state index in [2.05, 4.69) is 15.0 Å². The van der Waals surface area contributed by atoms with Gasteiger partial charge in [0.25, 0.3) is 0 Å². The third-order valence-electron chi connectivity index (χ3n) is 4.51. The molecule has 2 unspecified atom stereocenters. The van der Waals surface area contributed by atoms with Crippen LogP contribution in [0.5, 0.6) is 0 Å². The van der Waals surface area contributed by atoms with E-state index in [4.69, 9.17) is 4.74 Å². The summed E-state index contributed by atoms with van der Waals surface area (Å²) >= 11 is 0. The number of hydrogen-bond acceptors (Lipinski definition) is 5.